The smallest absolute Gasteiger partial charge is 0.266 e. The zero-order chi connectivity index (χ0) is 20.5. The summed E-state index contributed by atoms with van der Waals surface area (Å²) in [4.78, 5) is 38.8. The third-order valence-corrected chi connectivity index (χ3v) is 4.58. The molecule has 3 amide bonds. The van der Waals surface area contributed by atoms with Gasteiger partial charge in [-0.15, -0.1) is 0 Å². The summed E-state index contributed by atoms with van der Waals surface area (Å²) in [6.45, 7) is 0. The van der Waals surface area contributed by atoms with Crippen LogP contribution < -0.4 is 15.0 Å². The number of imide groups is 1. The highest BCUT2D eigenvalue weighted by Gasteiger charge is 2.37. The number of halogens is 1. The standard InChI is InChI=1S/C22H15FN2O4/c1-29-19-12-15(24-20(26)13-6-8-14(23)9-7-13)10-11-18(19)25-21(27)16-4-2-3-5-17(16)22(25)28/h2-12H,1H3,(H,24,26). The summed E-state index contributed by atoms with van der Waals surface area (Å²) in [5.74, 6) is -1.50. The minimum Gasteiger partial charge on any atom is -0.494 e. The lowest BCUT2D eigenvalue weighted by atomic mass is 10.1. The van der Waals surface area contributed by atoms with E-state index in [4.69, 9.17) is 4.74 Å². The molecular weight excluding hydrogens is 375 g/mol. The van der Waals surface area contributed by atoms with Gasteiger partial charge in [0, 0.05) is 17.3 Å². The number of carbonyl (C=O) groups is 3. The van der Waals surface area contributed by atoms with Gasteiger partial charge in [-0.2, -0.15) is 0 Å². The van der Waals surface area contributed by atoms with Gasteiger partial charge in [0.05, 0.1) is 23.9 Å². The molecular formula is C22H15FN2O4. The van der Waals surface area contributed by atoms with Gasteiger partial charge in [0.15, 0.2) is 0 Å². The second-order valence-electron chi connectivity index (χ2n) is 6.34. The van der Waals surface area contributed by atoms with Crippen LogP contribution >= 0.6 is 0 Å². The number of hydrogen-bond donors (Lipinski definition) is 1. The van der Waals surface area contributed by atoms with E-state index in [2.05, 4.69) is 5.32 Å². The van der Waals surface area contributed by atoms with Crippen LogP contribution in [0.4, 0.5) is 15.8 Å². The number of carbonyl (C=O) groups excluding carboxylic acids is 3. The molecule has 29 heavy (non-hydrogen) atoms. The number of rotatable bonds is 4. The maximum Gasteiger partial charge on any atom is 0.266 e. The lowest BCUT2D eigenvalue weighted by Gasteiger charge is -2.18. The Labute approximate surface area is 165 Å². The van der Waals surface area contributed by atoms with E-state index in [1.165, 1.54) is 43.5 Å². The first-order chi connectivity index (χ1) is 14.0. The molecule has 0 bridgehead atoms. The molecule has 1 heterocycles. The highest BCUT2D eigenvalue weighted by Crippen LogP contribution is 2.36. The monoisotopic (exact) mass is 390 g/mol. The molecule has 4 rings (SSSR count). The van der Waals surface area contributed by atoms with Gasteiger partial charge in [-0.3, -0.25) is 14.4 Å². The fourth-order valence-corrected chi connectivity index (χ4v) is 3.15. The molecule has 0 saturated carbocycles. The van der Waals surface area contributed by atoms with E-state index < -0.39 is 23.5 Å². The van der Waals surface area contributed by atoms with Crippen LogP contribution in [0.1, 0.15) is 31.1 Å². The van der Waals surface area contributed by atoms with Crippen LogP contribution in [0.3, 0.4) is 0 Å². The van der Waals surface area contributed by atoms with Crippen molar-refractivity contribution in [3.05, 3.63) is 89.2 Å². The molecule has 1 aliphatic heterocycles. The van der Waals surface area contributed by atoms with Crippen LogP contribution in [0.25, 0.3) is 0 Å². The fraction of sp³-hybridized carbons (Fsp3) is 0.0455. The molecule has 0 fully saturated rings. The van der Waals surface area contributed by atoms with Gasteiger partial charge in [-0.25, -0.2) is 9.29 Å². The molecule has 0 saturated heterocycles. The van der Waals surface area contributed by atoms with Gasteiger partial charge >= 0.3 is 0 Å². The number of methoxy groups -OCH3 is 1. The summed E-state index contributed by atoms with van der Waals surface area (Å²) in [7, 11) is 1.41. The Balaban J connectivity index is 1.63. The van der Waals surface area contributed by atoms with Crippen molar-refractivity contribution < 1.29 is 23.5 Å². The van der Waals surface area contributed by atoms with Crippen LogP contribution in [-0.2, 0) is 0 Å². The highest BCUT2D eigenvalue weighted by molar-refractivity contribution is 6.34. The first-order valence-electron chi connectivity index (χ1n) is 8.72. The zero-order valence-electron chi connectivity index (χ0n) is 15.3. The number of nitrogens with zero attached hydrogens (tertiary/aromatic N) is 1. The number of fused-ring (bicyclic) bond motifs is 1. The van der Waals surface area contributed by atoms with Gasteiger partial charge in [0.2, 0.25) is 0 Å². The minimum absolute atomic E-state index is 0.247. The van der Waals surface area contributed by atoms with Gasteiger partial charge < -0.3 is 10.1 Å². The van der Waals surface area contributed by atoms with Crippen LogP contribution in [0.2, 0.25) is 0 Å². The van der Waals surface area contributed by atoms with Crippen LogP contribution in [-0.4, -0.2) is 24.8 Å². The molecule has 1 aliphatic rings. The predicted octanol–water partition coefficient (Wildman–Crippen LogP) is 3.89. The van der Waals surface area contributed by atoms with E-state index in [-0.39, 0.29) is 17.0 Å². The molecule has 0 spiro atoms. The minimum atomic E-state index is -0.438. The summed E-state index contributed by atoms with van der Waals surface area (Å²) < 4.78 is 18.4. The van der Waals surface area contributed by atoms with Crippen molar-refractivity contribution in [1.29, 1.82) is 0 Å². The molecule has 3 aromatic carbocycles. The van der Waals surface area contributed by atoms with E-state index in [0.717, 1.165) is 4.90 Å². The number of benzene rings is 3. The Morgan fingerprint density at radius 2 is 1.55 bits per heavy atom. The Bertz CT molecular complexity index is 1110. The summed E-state index contributed by atoms with van der Waals surface area (Å²) in [6, 6.07) is 16.3. The van der Waals surface area contributed by atoms with Crippen molar-refractivity contribution in [2.24, 2.45) is 0 Å². The molecule has 0 aliphatic carbocycles. The number of hydrogen-bond acceptors (Lipinski definition) is 4. The van der Waals surface area contributed by atoms with Gasteiger partial charge in [-0.05, 0) is 48.5 Å². The van der Waals surface area contributed by atoms with Crippen molar-refractivity contribution in [3.8, 4) is 5.75 Å². The van der Waals surface area contributed by atoms with E-state index in [0.29, 0.717) is 16.8 Å². The molecule has 144 valence electrons. The summed E-state index contributed by atoms with van der Waals surface area (Å²) in [6.07, 6.45) is 0. The van der Waals surface area contributed by atoms with Crippen molar-refractivity contribution in [1.82, 2.24) is 0 Å². The van der Waals surface area contributed by atoms with E-state index in [1.54, 1.807) is 30.3 Å². The van der Waals surface area contributed by atoms with E-state index >= 15 is 0 Å². The van der Waals surface area contributed by atoms with Crippen LogP contribution in [0.5, 0.6) is 5.75 Å². The first kappa shape index (κ1) is 18.4. The highest BCUT2D eigenvalue weighted by atomic mass is 19.1. The number of anilines is 2. The van der Waals surface area contributed by atoms with E-state index in [1.807, 2.05) is 0 Å². The number of nitrogens with one attached hydrogen (secondary N) is 1. The number of ether oxygens (including phenoxy) is 1. The van der Waals surface area contributed by atoms with Crippen LogP contribution in [0.15, 0.2) is 66.7 Å². The Morgan fingerprint density at radius 3 is 2.14 bits per heavy atom. The molecule has 3 aromatic rings. The molecule has 0 unspecified atom stereocenters. The molecule has 6 nitrogen and oxygen atoms in total. The summed E-state index contributed by atoms with van der Waals surface area (Å²) in [5, 5.41) is 2.68. The Morgan fingerprint density at radius 1 is 0.931 bits per heavy atom. The average Bonchev–Trinajstić information content (AvgIpc) is 2.99. The normalized spacial score (nSPS) is 12.7. The van der Waals surface area contributed by atoms with Gasteiger partial charge in [0.1, 0.15) is 11.6 Å². The molecule has 1 N–H and O–H groups in total. The maximum absolute atomic E-state index is 13.0. The van der Waals surface area contributed by atoms with Crippen molar-refractivity contribution in [3.63, 3.8) is 0 Å². The first-order valence-corrected chi connectivity index (χ1v) is 8.72. The van der Waals surface area contributed by atoms with Crippen molar-refractivity contribution in [2.75, 3.05) is 17.3 Å². The molecule has 0 aromatic heterocycles. The Kier molecular flexibility index (Phi) is 4.56. The molecule has 7 heteroatoms. The quantitative estimate of drug-likeness (QED) is 0.686. The summed E-state index contributed by atoms with van der Waals surface area (Å²) >= 11 is 0. The maximum atomic E-state index is 13.0. The van der Waals surface area contributed by atoms with Crippen molar-refractivity contribution in [2.45, 2.75) is 0 Å². The zero-order valence-corrected chi connectivity index (χ0v) is 15.3. The van der Waals surface area contributed by atoms with Gasteiger partial charge in [-0.1, -0.05) is 12.1 Å². The molecule has 0 atom stereocenters. The summed E-state index contributed by atoms with van der Waals surface area (Å²) in [5.41, 5.74) is 1.62. The van der Waals surface area contributed by atoms with Gasteiger partial charge in [0.25, 0.3) is 17.7 Å². The predicted molar refractivity (Wildman–Crippen MR) is 105 cm³/mol. The van der Waals surface area contributed by atoms with Crippen molar-refractivity contribution >= 4 is 29.1 Å². The van der Waals surface area contributed by atoms with E-state index in [9.17, 15) is 18.8 Å². The lowest BCUT2D eigenvalue weighted by molar-refractivity contribution is 0.0923. The third kappa shape index (κ3) is 3.23. The average molecular weight is 390 g/mol. The second kappa shape index (κ2) is 7.20. The third-order valence-electron chi connectivity index (χ3n) is 4.58. The largest absolute Gasteiger partial charge is 0.494 e. The Hall–Kier alpha value is -4.00. The lowest BCUT2D eigenvalue weighted by Crippen LogP contribution is -2.29. The fourth-order valence-electron chi connectivity index (χ4n) is 3.15. The second-order valence-corrected chi connectivity index (χ2v) is 6.34. The van der Waals surface area contributed by atoms with Crippen LogP contribution in [0, 0.1) is 5.82 Å². The topological polar surface area (TPSA) is 75.7 Å². The number of amides is 3. The SMILES string of the molecule is COc1cc(NC(=O)c2ccc(F)cc2)ccc1N1C(=O)c2ccccc2C1=O. The molecule has 0 radical (unpaired) electrons.